The molecule has 0 radical (unpaired) electrons. The van der Waals surface area contributed by atoms with E-state index in [1.807, 2.05) is 86.0 Å². The third-order valence-electron chi connectivity index (χ3n) is 6.09. The lowest BCUT2D eigenvalue weighted by atomic mass is 9.96. The van der Waals surface area contributed by atoms with Crippen LogP contribution in [0.3, 0.4) is 0 Å². The molecule has 3 aromatic carbocycles. The molecule has 0 saturated heterocycles. The summed E-state index contributed by atoms with van der Waals surface area (Å²) < 4.78 is 1.66. The maximum Gasteiger partial charge on any atom is 0.186 e. The number of nitrogens with one attached hydrogen (secondary N) is 2. The molecule has 0 amide bonds. The molecule has 0 aliphatic heterocycles. The highest BCUT2D eigenvalue weighted by Crippen LogP contribution is 2.28. The quantitative estimate of drug-likeness (QED) is 0.330. The number of benzene rings is 3. The molecule has 2 N–H and O–H groups in total. The Morgan fingerprint density at radius 2 is 1.91 bits per heavy atom. The number of fused-ring (bicyclic) bond motifs is 1. The molecule has 0 spiro atoms. The normalized spacial score (nSPS) is 11.9. The maximum absolute atomic E-state index is 13.8. The molecule has 7 nitrogen and oxygen atoms in total. The largest absolute Gasteiger partial charge is 0.360 e. The summed E-state index contributed by atoms with van der Waals surface area (Å²) in [4.78, 5) is 17.0. The Balaban J connectivity index is 1.39. The lowest BCUT2D eigenvalue weighted by Gasteiger charge is -2.18. The second kappa shape index (κ2) is 9.75. The number of hydrogen-bond acceptors (Lipinski definition) is 5. The van der Waals surface area contributed by atoms with E-state index in [9.17, 15) is 4.79 Å². The SMILES string of the molecule is Cn1cc(-c2ccc3c(C(=O)[C@@H](NCCc4ccc(C#N)cc4)c4ccccc4)c[nH]c3c2)nn1. The molecule has 0 saturated carbocycles. The van der Waals surface area contributed by atoms with Crippen molar-refractivity contribution in [1.82, 2.24) is 25.3 Å². The molecule has 0 fully saturated rings. The number of H-pyrrole nitrogens is 1. The second-order valence-corrected chi connectivity index (χ2v) is 8.46. The predicted molar refractivity (Wildman–Crippen MR) is 135 cm³/mol. The Bertz CT molecular complexity index is 1510. The number of aromatic nitrogens is 4. The Labute approximate surface area is 203 Å². The monoisotopic (exact) mass is 460 g/mol. The van der Waals surface area contributed by atoms with E-state index in [-0.39, 0.29) is 5.78 Å². The van der Waals surface area contributed by atoms with Crippen molar-refractivity contribution in [3.63, 3.8) is 0 Å². The number of aryl methyl sites for hydroxylation is 1. The van der Waals surface area contributed by atoms with E-state index in [0.717, 1.165) is 39.7 Å². The Kier molecular flexibility index (Phi) is 6.20. The molecule has 0 aliphatic rings. The molecule has 2 heterocycles. The smallest absolute Gasteiger partial charge is 0.186 e. The number of ketones is 1. The van der Waals surface area contributed by atoms with Gasteiger partial charge in [-0.05, 0) is 35.7 Å². The zero-order valence-corrected chi connectivity index (χ0v) is 19.3. The van der Waals surface area contributed by atoms with Gasteiger partial charge in [-0.2, -0.15) is 5.26 Å². The molecule has 7 heteroatoms. The molecule has 0 bridgehead atoms. The Morgan fingerprint density at radius 3 is 2.63 bits per heavy atom. The molecule has 1 atom stereocenters. The minimum absolute atomic E-state index is 0.00883. The molecule has 35 heavy (non-hydrogen) atoms. The van der Waals surface area contributed by atoms with Crippen LogP contribution >= 0.6 is 0 Å². The summed E-state index contributed by atoms with van der Waals surface area (Å²) in [6, 6.07) is 24.9. The van der Waals surface area contributed by atoms with Crippen molar-refractivity contribution in [3.8, 4) is 17.3 Å². The highest BCUT2D eigenvalue weighted by molar-refractivity contribution is 6.11. The van der Waals surface area contributed by atoms with Crippen LogP contribution in [0.2, 0.25) is 0 Å². The van der Waals surface area contributed by atoms with Crippen molar-refractivity contribution >= 4 is 16.7 Å². The molecule has 2 aromatic heterocycles. The summed E-state index contributed by atoms with van der Waals surface area (Å²) in [6.45, 7) is 0.621. The first-order valence-corrected chi connectivity index (χ1v) is 11.4. The zero-order valence-electron chi connectivity index (χ0n) is 19.3. The van der Waals surface area contributed by atoms with E-state index in [2.05, 4.69) is 26.7 Å². The van der Waals surface area contributed by atoms with Gasteiger partial charge in [-0.25, -0.2) is 0 Å². The van der Waals surface area contributed by atoms with E-state index >= 15 is 0 Å². The fourth-order valence-electron chi connectivity index (χ4n) is 4.24. The van der Waals surface area contributed by atoms with Crippen LogP contribution in [0.25, 0.3) is 22.2 Å². The first-order chi connectivity index (χ1) is 17.1. The summed E-state index contributed by atoms with van der Waals surface area (Å²) in [5, 5.41) is 21.5. The number of carbonyl (C=O) groups is 1. The maximum atomic E-state index is 13.8. The average molecular weight is 461 g/mol. The van der Waals surface area contributed by atoms with Gasteiger partial charge in [-0.3, -0.25) is 9.48 Å². The van der Waals surface area contributed by atoms with Gasteiger partial charge in [0, 0.05) is 41.8 Å². The van der Waals surface area contributed by atoms with Gasteiger partial charge in [0.15, 0.2) is 5.78 Å². The van der Waals surface area contributed by atoms with E-state index in [4.69, 9.17) is 5.26 Å². The van der Waals surface area contributed by atoms with Gasteiger partial charge in [0.2, 0.25) is 0 Å². The number of nitrogens with zero attached hydrogens (tertiary/aromatic N) is 4. The van der Waals surface area contributed by atoms with E-state index < -0.39 is 6.04 Å². The summed E-state index contributed by atoms with van der Waals surface area (Å²) in [6.07, 6.45) is 4.39. The lowest BCUT2D eigenvalue weighted by Crippen LogP contribution is -2.30. The summed E-state index contributed by atoms with van der Waals surface area (Å²) in [5.74, 6) is 0.00883. The van der Waals surface area contributed by atoms with Crippen molar-refractivity contribution < 1.29 is 4.79 Å². The van der Waals surface area contributed by atoms with E-state index in [1.165, 1.54) is 0 Å². The van der Waals surface area contributed by atoms with Gasteiger partial charge in [0.25, 0.3) is 0 Å². The van der Waals surface area contributed by atoms with Crippen LogP contribution in [0.15, 0.2) is 85.2 Å². The van der Waals surface area contributed by atoms with Crippen LogP contribution in [0, 0.1) is 11.3 Å². The zero-order chi connectivity index (χ0) is 24.2. The number of carbonyl (C=O) groups excluding carboxylic acids is 1. The molecular formula is C28H24N6O. The Hall–Kier alpha value is -4.54. The number of rotatable bonds is 8. The van der Waals surface area contributed by atoms with Crippen LogP contribution in [-0.4, -0.2) is 32.3 Å². The predicted octanol–water partition coefficient (Wildman–Crippen LogP) is 4.59. The van der Waals surface area contributed by atoms with Crippen molar-refractivity contribution in [1.29, 1.82) is 5.26 Å². The van der Waals surface area contributed by atoms with E-state index in [0.29, 0.717) is 17.7 Å². The summed E-state index contributed by atoms with van der Waals surface area (Å²) in [5.41, 5.74) is 5.91. The van der Waals surface area contributed by atoms with Gasteiger partial charge < -0.3 is 10.3 Å². The highest BCUT2D eigenvalue weighted by Gasteiger charge is 2.24. The first-order valence-electron chi connectivity index (χ1n) is 11.4. The fraction of sp³-hybridized carbons (Fsp3) is 0.143. The van der Waals surface area contributed by atoms with Crippen molar-refractivity contribution in [2.24, 2.45) is 7.05 Å². The molecule has 0 aliphatic carbocycles. The summed E-state index contributed by atoms with van der Waals surface area (Å²) >= 11 is 0. The fourth-order valence-corrected chi connectivity index (χ4v) is 4.24. The molecule has 172 valence electrons. The topological polar surface area (TPSA) is 99.4 Å². The van der Waals surface area contributed by atoms with Gasteiger partial charge in [0.1, 0.15) is 5.69 Å². The van der Waals surface area contributed by atoms with Crippen molar-refractivity contribution in [2.75, 3.05) is 6.54 Å². The molecular weight excluding hydrogens is 436 g/mol. The molecule has 5 aromatic rings. The lowest BCUT2D eigenvalue weighted by molar-refractivity contribution is 0.0945. The number of Topliss-reactive ketones (excluding diaryl/α,β-unsaturated/α-hetero) is 1. The highest BCUT2D eigenvalue weighted by atomic mass is 16.1. The number of nitriles is 1. The van der Waals surface area contributed by atoms with Gasteiger partial charge >= 0.3 is 0 Å². The second-order valence-electron chi connectivity index (χ2n) is 8.46. The van der Waals surface area contributed by atoms with E-state index in [1.54, 1.807) is 10.9 Å². The van der Waals surface area contributed by atoms with Gasteiger partial charge in [-0.1, -0.05) is 59.8 Å². The van der Waals surface area contributed by atoms with Crippen LogP contribution in [0.5, 0.6) is 0 Å². The van der Waals surface area contributed by atoms with Crippen molar-refractivity contribution in [3.05, 3.63) is 107 Å². The summed E-state index contributed by atoms with van der Waals surface area (Å²) in [7, 11) is 1.83. The minimum atomic E-state index is -0.478. The van der Waals surface area contributed by atoms with Crippen LogP contribution in [-0.2, 0) is 13.5 Å². The number of hydrogen-bond donors (Lipinski definition) is 2. The average Bonchev–Trinajstić information content (AvgIpc) is 3.53. The van der Waals surface area contributed by atoms with Crippen LogP contribution in [0.4, 0.5) is 0 Å². The van der Waals surface area contributed by atoms with Crippen LogP contribution in [0.1, 0.15) is 33.1 Å². The minimum Gasteiger partial charge on any atom is -0.360 e. The van der Waals surface area contributed by atoms with Gasteiger partial charge in [-0.15, -0.1) is 5.10 Å². The van der Waals surface area contributed by atoms with Crippen molar-refractivity contribution in [2.45, 2.75) is 12.5 Å². The first kappa shape index (κ1) is 22.3. The van der Waals surface area contributed by atoms with Crippen LogP contribution < -0.4 is 5.32 Å². The third-order valence-corrected chi connectivity index (χ3v) is 6.09. The number of aromatic amines is 1. The van der Waals surface area contributed by atoms with Gasteiger partial charge in [0.05, 0.1) is 23.9 Å². The Morgan fingerprint density at radius 1 is 1.11 bits per heavy atom. The third kappa shape index (κ3) is 4.74. The standard InChI is InChI=1S/C28H24N6O/c1-34-18-26(32-33-34)22-11-12-23-24(17-31-25(23)15-22)28(35)27(21-5-3-2-4-6-21)30-14-13-19-7-9-20(16-29)10-8-19/h2-12,15,17-18,27,30-31H,13-14H2,1H3/t27-/m0/s1. The molecule has 5 rings (SSSR count). The molecule has 0 unspecified atom stereocenters.